The third kappa shape index (κ3) is 3.73. The molecule has 5 nitrogen and oxygen atoms in total. The summed E-state index contributed by atoms with van der Waals surface area (Å²) in [4.78, 5) is 16.7. The molecule has 0 bridgehead atoms. The van der Waals surface area contributed by atoms with Crippen molar-refractivity contribution in [2.45, 2.75) is 13.5 Å². The van der Waals surface area contributed by atoms with Gasteiger partial charge in [-0.05, 0) is 18.6 Å². The molecule has 0 aliphatic carbocycles. The number of anilines is 1. The standard InChI is InChI=1S/C20H19ClN2O3/c1-3-26-20(24)15-12-22-17-10-18(25-2)16(21)9-14(17)19(15)23-11-13-7-5-4-6-8-13/h4-10,12H,3,11H2,1-2H3,(H,22,23). The molecule has 0 aliphatic rings. The van der Waals surface area contributed by atoms with Crippen LogP contribution < -0.4 is 10.1 Å². The van der Waals surface area contributed by atoms with Crippen molar-refractivity contribution in [1.29, 1.82) is 0 Å². The molecule has 0 amide bonds. The lowest BCUT2D eigenvalue weighted by atomic mass is 10.1. The van der Waals surface area contributed by atoms with Gasteiger partial charge in [-0.1, -0.05) is 41.9 Å². The normalized spacial score (nSPS) is 10.6. The molecule has 0 unspecified atom stereocenters. The predicted molar refractivity (Wildman–Crippen MR) is 103 cm³/mol. The van der Waals surface area contributed by atoms with E-state index in [0.717, 1.165) is 10.9 Å². The van der Waals surface area contributed by atoms with Gasteiger partial charge in [0.25, 0.3) is 0 Å². The number of nitrogens with one attached hydrogen (secondary N) is 1. The Balaban J connectivity index is 2.08. The first-order valence-electron chi connectivity index (χ1n) is 8.25. The van der Waals surface area contributed by atoms with Gasteiger partial charge in [0.1, 0.15) is 11.3 Å². The largest absolute Gasteiger partial charge is 0.495 e. The molecule has 1 N–H and O–H groups in total. The van der Waals surface area contributed by atoms with E-state index in [-0.39, 0.29) is 0 Å². The second kappa shape index (κ2) is 8.06. The van der Waals surface area contributed by atoms with Crippen LogP contribution in [0.4, 0.5) is 5.69 Å². The first-order valence-corrected chi connectivity index (χ1v) is 8.63. The van der Waals surface area contributed by atoms with Gasteiger partial charge in [-0.3, -0.25) is 4.98 Å². The van der Waals surface area contributed by atoms with Gasteiger partial charge in [-0.25, -0.2) is 4.79 Å². The van der Waals surface area contributed by atoms with Crippen LogP contribution in [0.2, 0.25) is 5.02 Å². The van der Waals surface area contributed by atoms with Crippen LogP contribution in [0.1, 0.15) is 22.8 Å². The van der Waals surface area contributed by atoms with E-state index in [1.807, 2.05) is 30.3 Å². The van der Waals surface area contributed by atoms with Crippen LogP contribution >= 0.6 is 11.6 Å². The van der Waals surface area contributed by atoms with Gasteiger partial charge in [0.15, 0.2) is 0 Å². The maximum atomic E-state index is 12.4. The Kier molecular flexibility index (Phi) is 5.58. The van der Waals surface area contributed by atoms with Gasteiger partial charge in [0, 0.05) is 24.2 Å². The smallest absolute Gasteiger partial charge is 0.341 e. The van der Waals surface area contributed by atoms with Gasteiger partial charge in [0.2, 0.25) is 0 Å². The fourth-order valence-electron chi connectivity index (χ4n) is 2.69. The lowest BCUT2D eigenvalue weighted by Gasteiger charge is -2.15. The van der Waals surface area contributed by atoms with Gasteiger partial charge >= 0.3 is 5.97 Å². The zero-order chi connectivity index (χ0) is 18.5. The highest BCUT2D eigenvalue weighted by Crippen LogP contribution is 2.34. The highest BCUT2D eigenvalue weighted by molar-refractivity contribution is 6.33. The summed E-state index contributed by atoms with van der Waals surface area (Å²) < 4.78 is 10.4. The minimum Gasteiger partial charge on any atom is -0.495 e. The molecule has 6 heteroatoms. The average molecular weight is 371 g/mol. The summed E-state index contributed by atoms with van der Waals surface area (Å²) in [5.74, 6) is 0.106. The van der Waals surface area contributed by atoms with E-state index in [0.29, 0.717) is 40.7 Å². The van der Waals surface area contributed by atoms with Crippen molar-refractivity contribution in [3.8, 4) is 5.75 Å². The third-order valence-electron chi connectivity index (χ3n) is 3.95. The van der Waals surface area contributed by atoms with Crippen LogP contribution in [-0.2, 0) is 11.3 Å². The Morgan fingerprint density at radius 2 is 2.00 bits per heavy atom. The van der Waals surface area contributed by atoms with Crippen LogP contribution in [0.5, 0.6) is 5.75 Å². The van der Waals surface area contributed by atoms with E-state index in [2.05, 4.69) is 10.3 Å². The molecule has 26 heavy (non-hydrogen) atoms. The maximum absolute atomic E-state index is 12.4. The minimum absolute atomic E-state index is 0.290. The summed E-state index contributed by atoms with van der Waals surface area (Å²) in [6, 6.07) is 13.4. The molecule has 1 aromatic heterocycles. The Morgan fingerprint density at radius 3 is 2.69 bits per heavy atom. The average Bonchev–Trinajstić information content (AvgIpc) is 2.66. The van der Waals surface area contributed by atoms with E-state index in [9.17, 15) is 4.79 Å². The zero-order valence-corrected chi connectivity index (χ0v) is 15.3. The molecule has 0 saturated carbocycles. The predicted octanol–water partition coefficient (Wildman–Crippen LogP) is 4.69. The number of esters is 1. The number of carbonyl (C=O) groups excluding carboxylic acids is 1. The molecule has 1 heterocycles. The van der Waals surface area contributed by atoms with Crippen molar-refractivity contribution in [3.05, 3.63) is 64.8 Å². The van der Waals surface area contributed by atoms with E-state index < -0.39 is 5.97 Å². The van der Waals surface area contributed by atoms with E-state index in [4.69, 9.17) is 21.1 Å². The molecule has 0 fully saturated rings. The number of aromatic nitrogens is 1. The van der Waals surface area contributed by atoms with Crippen LogP contribution in [-0.4, -0.2) is 24.7 Å². The van der Waals surface area contributed by atoms with Crippen LogP contribution in [0.3, 0.4) is 0 Å². The lowest BCUT2D eigenvalue weighted by Crippen LogP contribution is -2.11. The number of hydrogen-bond donors (Lipinski definition) is 1. The summed E-state index contributed by atoms with van der Waals surface area (Å²) in [5.41, 5.74) is 2.78. The Hall–Kier alpha value is -2.79. The minimum atomic E-state index is -0.426. The van der Waals surface area contributed by atoms with Crippen molar-refractivity contribution in [3.63, 3.8) is 0 Å². The molecule has 0 aliphatic heterocycles. The number of carbonyl (C=O) groups is 1. The van der Waals surface area contributed by atoms with E-state index in [1.54, 1.807) is 26.2 Å². The second-order valence-electron chi connectivity index (χ2n) is 5.61. The highest BCUT2D eigenvalue weighted by atomic mass is 35.5. The number of halogens is 1. The van der Waals surface area contributed by atoms with Crippen molar-refractivity contribution in [1.82, 2.24) is 4.98 Å². The maximum Gasteiger partial charge on any atom is 0.341 e. The third-order valence-corrected chi connectivity index (χ3v) is 4.24. The lowest BCUT2D eigenvalue weighted by molar-refractivity contribution is 0.0527. The van der Waals surface area contributed by atoms with Crippen LogP contribution in [0.25, 0.3) is 10.9 Å². The summed E-state index contributed by atoms with van der Waals surface area (Å²) >= 11 is 6.29. The number of nitrogens with zero attached hydrogens (tertiary/aromatic N) is 1. The summed E-state index contributed by atoms with van der Waals surface area (Å²) in [5, 5.41) is 4.52. The fraction of sp³-hybridized carbons (Fsp3) is 0.200. The van der Waals surface area contributed by atoms with Crippen molar-refractivity contribution in [2.75, 3.05) is 19.0 Å². The molecule has 0 radical (unpaired) electrons. The Labute approximate surface area is 156 Å². The SMILES string of the molecule is CCOC(=O)c1cnc2cc(OC)c(Cl)cc2c1NCc1ccccc1. The number of fused-ring (bicyclic) bond motifs is 1. The molecular weight excluding hydrogens is 352 g/mol. The summed E-state index contributed by atoms with van der Waals surface area (Å²) in [6.45, 7) is 2.61. The first-order chi connectivity index (χ1) is 12.6. The highest BCUT2D eigenvalue weighted by Gasteiger charge is 2.18. The number of methoxy groups -OCH3 is 1. The molecule has 134 valence electrons. The number of benzene rings is 2. The number of hydrogen-bond acceptors (Lipinski definition) is 5. The van der Waals surface area contributed by atoms with E-state index in [1.165, 1.54) is 6.20 Å². The molecule has 2 aromatic carbocycles. The molecule has 0 atom stereocenters. The van der Waals surface area contributed by atoms with Gasteiger partial charge in [0.05, 0.1) is 29.9 Å². The second-order valence-corrected chi connectivity index (χ2v) is 6.02. The summed E-state index contributed by atoms with van der Waals surface area (Å²) in [7, 11) is 1.55. The van der Waals surface area contributed by atoms with Crippen LogP contribution in [0.15, 0.2) is 48.7 Å². The zero-order valence-electron chi connectivity index (χ0n) is 14.6. The van der Waals surface area contributed by atoms with Crippen molar-refractivity contribution in [2.24, 2.45) is 0 Å². The summed E-state index contributed by atoms with van der Waals surface area (Å²) in [6.07, 6.45) is 1.51. The van der Waals surface area contributed by atoms with Gasteiger partial charge in [-0.2, -0.15) is 0 Å². The van der Waals surface area contributed by atoms with Gasteiger partial charge in [-0.15, -0.1) is 0 Å². The monoisotopic (exact) mass is 370 g/mol. The Morgan fingerprint density at radius 1 is 1.23 bits per heavy atom. The molecule has 0 spiro atoms. The fourth-order valence-corrected chi connectivity index (χ4v) is 2.93. The molecule has 0 saturated heterocycles. The molecule has 3 rings (SSSR count). The van der Waals surface area contributed by atoms with Crippen molar-refractivity contribution < 1.29 is 14.3 Å². The quantitative estimate of drug-likeness (QED) is 0.638. The topological polar surface area (TPSA) is 60.5 Å². The number of pyridine rings is 1. The molecular formula is C20H19ClN2O3. The number of ether oxygens (including phenoxy) is 2. The van der Waals surface area contributed by atoms with Gasteiger partial charge < -0.3 is 14.8 Å². The van der Waals surface area contributed by atoms with E-state index >= 15 is 0 Å². The first kappa shape index (κ1) is 18.0. The molecule has 3 aromatic rings. The Bertz CT molecular complexity index is 929. The van der Waals surface area contributed by atoms with Crippen LogP contribution in [0, 0.1) is 0 Å². The van der Waals surface area contributed by atoms with Crippen molar-refractivity contribution >= 4 is 34.2 Å². The number of rotatable bonds is 6.